The number of guanidine groups is 1. The number of aliphatic imine (C=N–C) groups is 1. The second-order valence-corrected chi connectivity index (χ2v) is 6.38. The molecule has 0 spiro atoms. The molecule has 0 saturated heterocycles. The van der Waals surface area contributed by atoms with Crippen molar-refractivity contribution in [3.63, 3.8) is 0 Å². The van der Waals surface area contributed by atoms with Crippen LogP contribution in [0.25, 0.3) is 0 Å². The second kappa shape index (κ2) is 12.4. The molecule has 0 unspecified atom stereocenters. The molecule has 22 heavy (non-hydrogen) atoms. The third-order valence-corrected chi connectivity index (χ3v) is 3.62. The van der Waals surface area contributed by atoms with E-state index in [2.05, 4.69) is 29.5 Å². The Labute approximate surface area is 152 Å². The summed E-state index contributed by atoms with van der Waals surface area (Å²) in [7, 11) is 0. The van der Waals surface area contributed by atoms with Gasteiger partial charge >= 0.3 is 0 Å². The van der Waals surface area contributed by atoms with Crippen LogP contribution in [0.3, 0.4) is 0 Å². The smallest absolute Gasteiger partial charge is 0.191 e. The molecule has 0 aromatic heterocycles. The quantitative estimate of drug-likeness (QED) is 0.229. The van der Waals surface area contributed by atoms with Gasteiger partial charge in [-0.05, 0) is 32.1 Å². The van der Waals surface area contributed by atoms with E-state index in [1.807, 2.05) is 6.92 Å². The molecular weight excluding hydrogens is 393 g/mol. The summed E-state index contributed by atoms with van der Waals surface area (Å²) < 4.78 is 5.55. The van der Waals surface area contributed by atoms with Crippen LogP contribution in [0.4, 0.5) is 0 Å². The van der Waals surface area contributed by atoms with Crippen molar-refractivity contribution in [2.24, 2.45) is 10.9 Å². The van der Waals surface area contributed by atoms with Gasteiger partial charge in [0.1, 0.15) is 0 Å². The first-order valence-electron chi connectivity index (χ1n) is 8.38. The number of hydrogen-bond donors (Lipinski definition) is 3. The van der Waals surface area contributed by atoms with Gasteiger partial charge in [0.05, 0.1) is 12.1 Å². The Morgan fingerprint density at radius 3 is 2.55 bits per heavy atom. The molecule has 3 N–H and O–H groups in total. The molecule has 0 radical (unpaired) electrons. The van der Waals surface area contributed by atoms with E-state index < -0.39 is 5.60 Å². The van der Waals surface area contributed by atoms with Gasteiger partial charge < -0.3 is 20.5 Å². The van der Waals surface area contributed by atoms with Crippen LogP contribution in [-0.4, -0.2) is 49.5 Å². The van der Waals surface area contributed by atoms with Crippen molar-refractivity contribution in [1.82, 2.24) is 10.6 Å². The Balaban J connectivity index is 0.00000441. The highest BCUT2D eigenvalue weighted by molar-refractivity contribution is 14.0. The average molecular weight is 427 g/mol. The first kappa shape index (κ1) is 21.9. The van der Waals surface area contributed by atoms with E-state index in [-0.39, 0.29) is 24.0 Å². The minimum atomic E-state index is -0.581. The Hall–Kier alpha value is -0.0800. The van der Waals surface area contributed by atoms with Gasteiger partial charge in [0.25, 0.3) is 0 Å². The first-order valence-corrected chi connectivity index (χ1v) is 8.38. The molecule has 1 saturated carbocycles. The van der Waals surface area contributed by atoms with Gasteiger partial charge in [-0.15, -0.1) is 24.0 Å². The van der Waals surface area contributed by atoms with Crippen LogP contribution in [0.5, 0.6) is 0 Å². The predicted molar refractivity (Wildman–Crippen MR) is 103 cm³/mol. The van der Waals surface area contributed by atoms with Crippen LogP contribution in [0.15, 0.2) is 4.99 Å². The number of nitrogens with one attached hydrogen (secondary N) is 2. The van der Waals surface area contributed by atoms with Crippen LogP contribution in [0, 0.1) is 5.92 Å². The zero-order chi connectivity index (χ0) is 15.6. The van der Waals surface area contributed by atoms with Crippen molar-refractivity contribution in [3.8, 4) is 0 Å². The van der Waals surface area contributed by atoms with Gasteiger partial charge in [-0.25, -0.2) is 0 Å². The molecular formula is C16H34IN3O2. The van der Waals surface area contributed by atoms with E-state index >= 15 is 0 Å². The van der Waals surface area contributed by atoms with Gasteiger partial charge in [0.2, 0.25) is 0 Å². The Bertz CT molecular complexity index is 306. The van der Waals surface area contributed by atoms with Crippen LogP contribution < -0.4 is 10.6 Å². The fourth-order valence-corrected chi connectivity index (χ4v) is 2.46. The molecule has 5 nitrogen and oxygen atoms in total. The van der Waals surface area contributed by atoms with Crippen molar-refractivity contribution < 1.29 is 9.84 Å². The summed E-state index contributed by atoms with van der Waals surface area (Å²) >= 11 is 0. The lowest BCUT2D eigenvalue weighted by Crippen LogP contribution is -2.40. The van der Waals surface area contributed by atoms with Gasteiger partial charge in [-0.3, -0.25) is 4.99 Å². The zero-order valence-electron chi connectivity index (χ0n) is 14.4. The highest BCUT2D eigenvalue weighted by Crippen LogP contribution is 2.29. The number of hydrogen-bond acceptors (Lipinski definition) is 3. The Morgan fingerprint density at radius 1 is 1.27 bits per heavy atom. The lowest BCUT2D eigenvalue weighted by atomic mass is 10.0. The molecule has 1 aliphatic rings. The van der Waals surface area contributed by atoms with Gasteiger partial charge in [0.15, 0.2) is 5.96 Å². The number of ether oxygens (including phenoxy) is 1. The van der Waals surface area contributed by atoms with E-state index in [4.69, 9.17) is 4.74 Å². The van der Waals surface area contributed by atoms with Crippen molar-refractivity contribution >= 4 is 29.9 Å². The molecule has 0 aliphatic heterocycles. The number of nitrogens with zero attached hydrogens (tertiary/aromatic N) is 1. The van der Waals surface area contributed by atoms with Gasteiger partial charge in [-0.2, -0.15) is 0 Å². The third kappa shape index (κ3) is 9.84. The minimum Gasteiger partial charge on any atom is -0.388 e. The van der Waals surface area contributed by atoms with E-state index in [0.717, 1.165) is 64.4 Å². The highest BCUT2D eigenvalue weighted by Gasteiger charge is 2.30. The fraction of sp³-hybridized carbons (Fsp3) is 0.938. The van der Waals surface area contributed by atoms with Crippen LogP contribution in [0.1, 0.15) is 52.9 Å². The summed E-state index contributed by atoms with van der Waals surface area (Å²) in [5, 5.41) is 16.8. The SMILES string of the molecule is CCNC(=NCC1(O)CCCC1)NCCCOCC(C)C.I. The normalized spacial score (nSPS) is 17.4. The molecule has 1 aliphatic carbocycles. The molecule has 1 rings (SSSR count). The fourth-order valence-electron chi connectivity index (χ4n) is 2.46. The molecule has 0 atom stereocenters. The van der Waals surface area contributed by atoms with Crippen LogP contribution in [0.2, 0.25) is 0 Å². The third-order valence-electron chi connectivity index (χ3n) is 3.62. The number of halogens is 1. The van der Waals surface area contributed by atoms with Crippen LogP contribution in [-0.2, 0) is 4.74 Å². The maximum Gasteiger partial charge on any atom is 0.191 e. The van der Waals surface area contributed by atoms with Crippen molar-refractivity contribution in [2.75, 3.05) is 32.8 Å². The molecule has 0 aromatic carbocycles. The molecule has 0 heterocycles. The van der Waals surface area contributed by atoms with Gasteiger partial charge in [0, 0.05) is 26.3 Å². The lowest BCUT2D eigenvalue weighted by molar-refractivity contribution is 0.0574. The summed E-state index contributed by atoms with van der Waals surface area (Å²) in [5.74, 6) is 1.38. The van der Waals surface area contributed by atoms with Crippen LogP contribution >= 0.6 is 24.0 Å². The first-order chi connectivity index (χ1) is 10.1. The molecule has 0 aromatic rings. The number of aliphatic hydroxyl groups is 1. The minimum absolute atomic E-state index is 0. The maximum absolute atomic E-state index is 10.3. The topological polar surface area (TPSA) is 65.9 Å². The second-order valence-electron chi connectivity index (χ2n) is 6.38. The molecule has 6 heteroatoms. The highest BCUT2D eigenvalue weighted by atomic mass is 127. The molecule has 0 bridgehead atoms. The summed E-state index contributed by atoms with van der Waals surface area (Å²) in [6.45, 7) is 10.1. The Kier molecular flexibility index (Phi) is 12.3. The van der Waals surface area contributed by atoms with E-state index in [1.54, 1.807) is 0 Å². The average Bonchev–Trinajstić information content (AvgIpc) is 2.87. The maximum atomic E-state index is 10.3. The molecule has 132 valence electrons. The summed E-state index contributed by atoms with van der Waals surface area (Å²) in [6.07, 6.45) is 4.94. The lowest BCUT2D eigenvalue weighted by Gasteiger charge is -2.20. The monoisotopic (exact) mass is 427 g/mol. The summed E-state index contributed by atoms with van der Waals surface area (Å²) in [4.78, 5) is 4.52. The van der Waals surface area contributed by atoms with Gasteiger partial charge in [-0.1, -0.05) is 26.7 Å². The van der Waals surface area contributed by atoms with E-state index in [1.165, 1.54) is 0 Å². The van der Waals surface area contributed by atoms with Crippen molar-refractivity contribution in [1.29, 1.82) is 0 Å². The largest absolute Gasteiger partial charge is 0.388 e. The molecule has 1 fully saturated rings. The van der Waals surface area contributed by atoms with E-state index in [9.17, 15) is 5.11 Å². The zero-order valence-corrected chi connectivity index (χ0v) is 16.7. The predicted octanol–water partition coefficient (Wildman–Crippen LogP) is 2.53. The Morgan fingerprint density at radius 2 is 1.95 bits per heavy atom. The standard InChI is InChI=1S/C16H33N3O2.HI/c1-4-17-15(18-10-7-11-21-12-14(2)3)19-13-16(20)8-5-6-9-16;/h14,20H,4-13H2,1-3H3,(H2,17,18,19);1H. The molecule has 0 amide bonds. The summed E-state index contributed by atoms with van der Waals surface area (Å²) in [6, 6.07) is 0. The summed E-state index contributed by atoms with van der Waals surface area (Å²) in [5.41, 5.74) is -0.581. The van der Waals surface area contributed by atoms with E-state index in [0.29, 0.717) is 12.5 Å². The van der Waals surface area contributed by atoms with Crippen molar-refractivity contribution in [3.05, 3.63) is 0 Å². The van der Waals surface area contributed by atoms with Crippen molar-refractivity contribution in [2.45, 2.75) is 58.5 Å². The number of rotatable bonds is 9.